The Hall–Kier alpha value is -0.350. The van der Waals surface area contributed by atoms with Crippen LogP contribution in [0.1, 0.15) is 43.4 Å². The summed E-state index contributed by atoms with van der Waals surface area (Å²) in [5.74, 6) is 0.354. The molecule has 0 N–H and O–H groups in total. The fourth-order valence-electron chi connectivity index (χ4n) is 2.38. The number of halogens is 1. The van der Waals surface area contributed by atoms with Crippen LogP contribution in [0.4, 0.5) is 0 Å². The van der Waals surface area contributed by atoms with Gasteiger partial charge in [-0.2, -0.15) is 0 Å². The number of carbonyl (C=O) groups excluding carboxylic acids is 1. The highest BCUT2D eigenvalue weighted by Crippen LogP contribution is 2.23. The molecule has 1 aromatic heterocycles. The molecule has 0 unspecified atom stereocenters. The topological polar surface area (TPSA) is 20.3 Å². The minimum absolute atomic E-state index is 0.354. The van der Waals surface area contributed by atoms with Gasteiger partial charge in [-0.25, -0.2) is 0 Å². The number of thiophene rings is 1. The van der Waals surface area contributed by atoms with Crippen molar-refractivity contribution in [1.29, 1.82) is 0 Å². The highest BCUT2D eigenvalue weighted by atomic mass is 79.9. The van der Waals surface area contributed by atoms with E-state index in [9.17, 15) is 4.79 Å². The molecule has 0 saturated carbocycles. The minimum Gasteiger partial charge on any atom is -0.343 e. The Labute approximate surface area is 122 Å². The van der Waals surface area contributed by atoms with E-state index in [1.165, 1.54) is 34.3 Å². The Morgan fingerprint density at radius 3 is 2.56 bits per heavy atom. The van der Waals surface area contributed by atoms with Crippen LogP contribution < -0.4 is 0 Å². The number of amides is 1. The van der Waals surface area contributed by atoms with E-state index in [1.54, 1.807) is 11.3 Å². The molecule has 1 fully saturated rings. The van der Waals surface area contributed by atoms with Gasteiger partial charge in [0, 0.05) is 24.4 Å². The van der Waals surface area contributed by atoms with Gasteiger partial charge in [0.2, 0.25) is 5.91 Å². The van der Waals surface area contributed by atoms with Crippen LogP contribution in [-0.4, -0.2) is 23.9 Å². The summed E-state index contributed by atoms with van der Waals surface area (Å²) in [7, 11) is 0. The normalized spacial score (nSPS) is 16.6. The molecule has 0 atom stereocenters. The monoisotopic (exact) mass is 329 g/mol. The average molecular weight is 330 g/mol. The van der Waals surface area contributed by atoms with Crippen molar-refractivity contribution in [1.82, 2.24) is 4.90 Å². The highest BCUT2D eigenvalue weighted by molar-refractivity contribution is 9.11. The maximum Gasteiger partial charge on any atom is 0.222 e. The van der Waals surface area contributed by atoms with Crippen LogP contribution in [0.15, 0.2) is 15.9 Å². The van der Waals surface area contributed by atoms with Crippen LogP contribution in [0, 0.1) is 0 Å². The first-order chi connectivity index (χ1) is 8.75. The van der Waals surface area contributed by atoms with Crippen molar-refractivity contribution in [2.45, 2.75) is 44.9 Å². The quantitative estimate of drug-likeness (QED) is 0.809. The molecule has 2 rings (SSSR count). The third kappa shape index (κ3) is 4.39. The summed E-state index contributed by atoms with van der Waals surface area (Å²) >= 11 is 5.24. The van der Waals surface area contributed by atoms with Gasteiger partial charge in [0.05, 0.1) is 3.79 Å². The van der Waals surface area contributed by atoms with Crippen molar-refractivity contribution < 1.29 is 4.79 Å². The molecule has 0 radical (unpaired) electrons. The second-order valence-electron chi connectivity index (χ2n) is 4.85. The second kappa shape index (κ2) is 7.29. The molecule has 0 aromatic carbocycles. The van der Waals surface area contributed by atoms with E-state index in [1.807, 2.05) is 0 Å². The molecule has 1 aliphatic heterocycles. The van der Waals surface area contributed by atoms with E-state index in [2.05, 4.69) is 33.0 Å². The van der Waals surface area contributed by atoms with Crippen LogP contribution in [0.5, 0.6) is 0 Å². The van der Waals surface area contributed by atoms with Gasteiger partial charge in [0.1, 0.15) is 0 Å². The first-order valence-corrected chi connectivity index (χ1v) is 8.38. The third-order valence-corrected chi connectivity index (χ3v) is 5.08. The number of aryl methyl sites for hydroxylation is 1. The summed E-state index contributed by atoms with van der Waals surface area (Å²) in [6.07, 6.45) is 7.64. The number of rotatable bonds is 4. The second-order valence-corrected chi connectivity index (χ2v) is 7.40. The van der Waals surface area contributed by atoms with Gasteiger partial charge < -0.3 is 4.90 Å². The largest absolute Gasteiger partial charge is 0.343 e. The van der Waals surface area contributed by atoms with E-state index >= 15 is 0 Å². The van der Waals surface area contributed by atoms with E-state index in [0.717, 1.165) is 25.9 Å². The Bertz CT molecular complexity index is 383. The van der Waals surface area contributed by atoms with Gasteiger partial charge in [-0.1, -0.05) is 12.8 Å². The summed E-state index contributed by atoms with van der Waals surface area (Å²) < 4.78 is 1.18. The minimum atomic E-state index is 0.354. The predicted octanol–water partition coefficient (Wildman–Crippen LogP) is 4.24. The zero-order valence-electron chi connectivity index (χ0n) is 10.7. The van der Waals surface area contributed by atoms with E-state index in [-0.39, 0.29) is 0 Å². The molecular formula is C14H20BrNOS. The number of hydrogen-bond donors (Lipinski definition) is 0. The van der Waals surface area contributed by atoms with Gasteiger partial charge in [0.15, 0.2) is 0 Å². The van der Waals surface area contributed by atoms with Crippen LogP contribution in [0.25, 0.3) is 0 Å². The number of likely N-dealkylation sites (tertiary alicyclic amines) is 1. The van der Waals surface area contributed by atoms with Crippen LogP contribution >= 0.6 is 27.3 Å². The average Bonchev–Trinajstić information content (AvgIpc) is 2.63. The maximum absolute atomic E-state index is 12.1. The SMILES string of the molecule is O=C(CCCc1ccc(Br)s1)N1CCCCCC1. The van der Waals surface area contributed by atoms with Crippen molar-refractivity contribution >= 4 is 33.2 Å². The van der Waals surface area contributed by atoms with Crippen molar-refractivity contribution in [2.75, 3.05) is 13.1 Å². The van der Waals surface area contributed by atoms with E-state index in [4.69, 9.17) is 0 Å². The highest BCUT2D eigenvalue weighted by Gasteiger charge is 2.14. The molecule has 0 bridgehead atoms. The fraction of sp³-hybridized carbons (Fsp3) is 0.643. The molecule has 4 heteroatoms. The van der Waals surface area contributed by atoms with E-state index in [0.29, 0.717) is 12.3 Å². The first kappa shape index (κ1) is 14.1. The van der Waals surface area contributed by atoms with Crippen LogP contribution in [-0.2, 0) is 11.2 Å². The lowest BCUT2D eigenvalue weighted by Crippen LogP contribution is -2.31. The van der Waals surface area contributed by atoms with E-state index < -0.39 is 0 Å². The number of carbonyl (C=O) groups is 1. The number of nitrogens with zero attached hydrogens (tertiary/aromatic N) is 1. The van der Waals surface area contributed by atoms with Crippen molar-refractivity contribution in [2.24, 2.45) is 0 Å². The zero-order valence-corrected chi connectivity index (χ0v) is 13.1. The van der Waals surface area contributed by atoms with Crippen molar-refractivity contribution in [3.05, 3.63) is 20.8 Å². The molecule has 0 aliphatic carbocycles. The molecule has 1 saturated heterocycles. The van der Waals surface area contributed by atoms with Crippen molar-refractivity contribution in [3.63, 3.8) is 0 Å². The predicted molar refractivity (Wildman–Crippen MR) is 80.0 cm³/mol. The Kier molecular flexibility index (Phi) is 5.70. The molecule has 2 heterocycles. The van der Waals surface area contributed by atoms with Crippen molar-refractivity contribution in [3.8, 4) is 0 Å². The zero-order chi connectivity index (χ0) is 12.8. The first-order valence-electron chi connectivity index (χ1n) is 6.78. The molecule has 2 nitrogen and oxygen atoms in total. The summed E-state index contributed by atoms with van der Waals surface area (Å²) in [4.78, 5) is 15.5. The molecule has 1 aliphatic rings. The van der Waals surface area contributed by atoms with Crippen LogP contribution in [0.2, 0.25) is 0 Å². The fourth-order valence-corrected chi connectivity index (χ4v) is 3.90. The lowest BCUT2D eigenvalue weighted by atomic mass is 10.2. The van der Waals surface area contributed by atoms with Gasteiger partial charge in [-0.3, -0.25) is 4.79 Å². The molecule has 0 spiro atoms. The summed E-state index contributed by atoms with van der Waals surface area (Å²) in [6, 6.07) is 4.22. The molecule has 18 heavy (non-hydrogen) atoms. The van der Waals surface area contributed by atoms with Gasteiger partial charge in [-0.15, -0.1) is 11.3 Å². The third-order valence-electron chi connectivity index (χ3n) is 3.40. The maximum atomic E-state index is 12.1. The van der Waals surface area contributed by atoms with Gasteiger partial charge in [0.25, 0.3) is 0 Å². The Morgan fingerprint density at radius 1 is 1.22 bits per heavy atom. The van der Waals surface area contributed by atoms with Crippen LogP contribution in [0.3, 0.4) is 0 Å². The molecule has 100 valence electrons. The summed E-state index contributed by atoms with van der Waals surface area (Å²) in [5, 5.41) is 0. The molecule has 1 aromatic rings. The standard InChI is InChI=1S/C14H20BrNOS/c15-13-9-8-12(18-13)6-5-7-14(17)16-10-3-1-2-4-11-16/h8-9H,1-7,10-11H2. The Morgan fingerprint density at radius 2 is 1.94 bits per heavy atom. The smallest absolute Gasteiger partial charge is 0.222 e. The molecular weight excluding hydrogens is 310 g/mol. The summed E-state index contributed by atoms with van der Waals surface area (Å²) in [5.41, 5.74) is 0. The lowest BCUT2D eigenvalue weighted by molar-refractivity contribution is -0.131. The van der Waals surface area contributed by atoms with Gasteiger partial charge in [-0.05, 0) is 53.7 Å². The lowest BCUT2D eigenvalue weighted by Gasteiger charge is -2.20. The molecule has 1 amide bonds. The summed E-state index contributed by atoms with van der Waals surface area (Å²) in [6.45, 7) is 1.95. The van der Waals surface area contributed by atoms with Gasteiger partial charge >= 0.3 is 0 Å². The number of hydrogen-bond acceptors (Lipinski definition) is 2. The Balaban J connectivity index is 1.70.